The molecular weight excluding hydrogens is 316 g/mol. The average Bonchev–Trinajstić information content (AvgIpc) is 2.54. The van der Waals surface area contributed by atoms with Crippen molar-refractivity contribution in [2.75, 3.05) is 4.72 Å². The van der Waals surface area contributed by atoms with Gasteiger partial charge in [0.25, 0.3) is 5.91 Å². The molecule has 7 heteroatoms. The minimum atomic E-state index is -3.50. The van der Waals surface area contributed by atoms with E-state index in [-0.39, 0.29) is 5.75 Å². The highest BCUT2D eigenvalue weighted by Crippen LogP contribution is 2.14. The third kappa shape index (κ3) is 5.57. The molecular formula is C16H16N2O4S. The number of hydroxylamine groups is 1. The maximum atomic E-state index is 12.1. The molecule has 2 rings (SSSR count). The lowest BCUT2D eigenvalue weighted by molar-refractivity contribution is -0.124. The van der Waals surface area contributed by atoms with Gasteiger partial charge in [-0.1, -0.05) is 42.5 Å². The van der Waals surface area contributed by atoms with Gasteiger partial charge in [-0.2, -0.15) is 0 Å². The normalized spacial score (nSPS) is 11.3. The molecule has 0 aliphatic rings. The summed E-state index contributed by atoms with van der Waals surface area (Å²) in [7, 11) is -3.50. The first kappa shape index (κ1) is 16.7. The smallest absolute Gasteiger partial charge is 0.267 e. The second-order valence-corrected chi connectivity index (χ2v) is 6.50. The van der Waals surface area contributed by atoms with Crippen molar-refractivity contribution in [2.24, 2.45) is 0 Å². The summed E-state index contributed by atoms with van der Waals surface area (Å²) in [5, 5.41) is 8.38. The molecule has 0 fully saturated rings. The van der Waals surface area contributed by atoms with Gasteiger partial charge in [0.2, 0.25) is 10.0 Å². The molecule has 2 aromatic rings. The summed E-state index contributed by atoms with van der Waals surface area (Å²) in [6.07, 6.45) is 2.66. The van der Waals surface area contributed by atoms with E-state index in [1.54, 1.807) is 48.5 Å². The van der Waals surface area contributed by atoms with E-state index in [2.05, 4.69) is 4.72 Å². The van der Waals surface area contributed by atoms with Gasteiger partial charge in [0.1, 0.15) is 0 Å². The van der Waals surface area contributed by atoms with Crippen molar-refractivity contribution in [3.05, 3.63) is 71.8 Å². The van der Waals surface area contributed by atoms with Crippen LogP contribution in [-0.4, -0.2) is 19.5 Å². The maximum absolute atomic E-state index is 12.1. The van der Waals surface area contributed by atoms with Crippen LogP contribution in [0.15, 0.2) is 60.7 Å². The van der Waals surface area contributed by atoms with E-state index in [0.717, 1.165) is 6.08 Å². The Morgan fingerprint density at radius 3 is 2.30 bits per heavy atom. The molecule has 23 heavy (non-hydrogen) atoms. The standard InChI is InChI=1S/C16H16N2O4S/c19-16(17-20)11-8-13-6-9-15(10-7-13)18-23(21,22)12-14-4-2-1-3-5-14/h1-11,18,20H,12H2,(H,17,19). The average molecular weight is 332 g/mol. The molecule has 2 aromatic carbocycles. The molecule has 0 radical (unpaired) electrons. The molecule has 120 valence electrons. The number of carbonyl (C=O) groups excluding carboxylic acids is 1. The Balaban J connectivity index is 2.02. The van der Waals surface area contributed by atoms with Crippen LogP contribution in [0.3, 0.4) is 0 Å². The van der Waals surface area contributed by atoms with Crippen molar-refractivity contribution in [1.82, 2.24) is 5.48 Å². The van der Waals surface area contributed by atoms with Gasteiger partial charge >= 0.3 is 0 Å². The number of amides is 1. The van der Waals surface area contributed by atoms with Gasteiger partial charge in [0, 0.05) is 11.8 Å². The van der Waals surface area contributed by atoms with Gasteiger partial charge in [-0.25, -0.2) is 13.9 Å². The Bertz CT molecular complexity index is 785. The summed E-state index contributed by atoms with van der Waals surface area (Å²) < 4.78 is 26.7. The van der Waals surface area contributed by atoms with Crippen LogP contribution in [0, 0.1) is 0 Å². The zero-order chi connectivity index (χ0) is 16.7. The summed E-state index contributed by atoms with van der Waals surface area (Å²) in [6, 6.07) is 15.4. The number of carbonyl (C=O) groups is 1. The van der Waals surface area contributed by atoms with Crippen LogP contribution in [0.25, 0.3) is 6.08 Å². The number of nitrogens with one attached hydrogen (secondary N) is 2. The molecule has 0 aliphatic heterocycles. The lowest BCUT2D eigenvalue weighted by Gasteiger charge is -2.08. The Kier molecular flexibility index (Phi) is 5.51. The van der Waals surface area contributed by atoms with Gasteiger partial charge in [-0.15, -0.1) is 0 Å². The first-order valence-corrected chi connectivity index (χ1v) is 8.40. The second kappa shape index (κ2) is 7.57. The van der Waals surface area contributed by atoms with Crippen molar-refractivity contribution < 1.29 is 18.4 Å². The van der Waals surface area contributed by atoms with Crippen LogP contribution in [0.4, 0.5) is 5.69 Å². The van der Waals surface area contributed by atoms with Crippen LogP contribution in [0.1, 0.15) is 11.1 Å². The van der Waals surface area contributed by atoms with Crippen LogP contribution in [0.2, 0.25) is 0 Å². The summed E-state index contributed by atoms with van der Waals surface area (Å²) in [4.78, 5) is 10.9. The molecule has 0 heterocycles. The first-order valence-electron chi connectivity index (χ1n) is 6.75. The van der Waals surface area contributed by atoms with Crippen molar-refractivity contribution in [3.63, 3.8) is 0 Å². The number of rotatable bonds is 6. The third-order valence-corrected chi connectivity index (χ3v) is 4.18. The Hall–Kier alpha value is -2.64. The van der Waals surface area contributed by atoms with Crippen LogP contribution >= 0.6 is 0 Å². The van der Waals surface area contributed by atoms with E-state index in [4.69, 9.17) is 5.21 Å². The highest BCUT2D eigenvalue weighted by Gasteiger charge is 2.11. The van der Waals surface area contributed by atoms with Crippen LogP contribution in [-0.2, 0) is 20.6 Å². The molecule has 3 N–H and O–H groups in total. The Morgan fingerprint density at radius 2 is 1.70 bits per heavy atom. The predicted octanol–water partition coefficient (Wildman–Crippen LogP) is 2.15. The molecule has 1 amide bonds. The minimum absolute atomic E-state index is 0.105. The third-order valence-electron chi connectivity index (χ3n) is 2.92. The molecule has 0 unspecified atom stereocenters. The van der Waals surface area contributed by atoms with Gasteiger partial charge in [0.05, 0.1) is 5.75 Å². The van der Waals surface area contributed by atoms with Gasteiger partial charge in [-0.05, 0) is 29.3 Å². The number of hydrogen-bond acceptors (Lipinski definition) is 4. The molecule has 0 bridgehead atoms. The number of sulfonamides is 1. The van der Waals surface area contributed by atoms with Crippen molar-refractivity contribution in [2.45, 2.75) is 5.75 Å². The summed E-state index contributed by atoms with van der Waals surface area (Å²) in [5.41, 5.74) is 3.32. The zero-order valence-corrected chi connectivity index (χ0v) is 13.0. The van der Waals surface area contributed by atoms with Gasteiger partial charge < -0.3 is 0 Å². The predicted molar refractivity (Wildman–Crippen MR) is 88.1 cm³/mol. The van der Waals surface area contributed by atoms with E-state index in [0.29, 0.717) is 16.8 Å². The number of benzene rings is 2. The highest BCUT2D eigenvalue weighted by molar-refractivity contribution is 7.91. The lowest BCUT2D eigenvalue weighted by atomic mass is 10.2. The molecule has 0 saturated heterocycles. The van der Waals surface area contributed by atoms with E-state index < -0.39 is 15.9 Å². The number of hydrogen-bond donors (Lipinski definition) is 3. The van der Waals surface area contributed by atoms with Gasteiger partial charge in [-0.3, -0.25) is 14.7 Å². The quantitative estimate of drug-likeness (QED) is 0.429. The SMILES string of the molecule is O=C(C=Cc1ccc(NS(=O)(=O)Cc2ccccc2)cc1)NO. The van der Waals surface area contributed by atoms with Crippen molar-refractivity contribution in [3.8, 4) is 0 Å². The van der Waals surface area contributed by atoms with E-state index in [1.807, 2.05) is 6.07 Å². The summed E-state index contributed by atoms with van der Waals surface area (Å²) in [6.45, 7) is 0. The molecule has 0 saturated carbocycles. The van der Waals surface area contributed by atoms with Crippen LogP contribution in [0.5, 0.6) is 0 Å². The molecule has 6 nitrogen and oxygen atoms in total. The van der Waals surface area contributed by atoms with E-state index in [9.17, 15) is 13.2 Å². The zero-order valence-electron chi connectivity index (χ0n) is 12.1. The minimum Gasteiger partial charge on any atom is -0.288 e. The Labute approximate surface area is 134 Å². The monoisotopic (exact) mass is 332 g/mol. The lowest BCUT2D eigenvalue weighted by Crippen LogP contribution is -2.15. The van der Waals surface area contributed by atoms with Crippen molar-refractivity contribution in [1.29, 1.82) is 0 Å². The molecule has 0 atom stereocenters. The van der Waals surface area contributed by atoms with Crippen LogP contribution < -0.4 is 10.2 Å². The number of anilines is 1. The fraction of sp³-hybridized carbons (Fsp3) is 0.0625. The largest absolute Gasteiger partial charge is 0.288 e. The topological polar surface area (TPSA) is 95.5 Å². The molecule has 0 aliphatic carbocycles. The molecule has 0 spiro atoms. The maximum Gasteiger partial charge on any atom is 0.267 e. The Morgan fingerprint density at radius 1 is 1.04 bits per heavy atom. The second-order valence-electron chi connectivity index (χ2n) is 4.78. The fourth-order valence-electron chi connectivity index (χ4n) is 1.88. The van der Waals surface area contributed by atoms with Crippen molar-refractivity contribution >= 4 is 27.7 Å². The van der Waals surface area contributed by atoms with E-state index in [1.165, 1.54) is 11.6 Å². The first-order chi connectivity index (χ1) is 11.0. The fourth-order valence-corrected chi connectivity index (χ4v) is 3.08. The van der Waals surface area contributed by atoms with Gasteiger partial charge in [0.15, 0.2) is 0 Å². The summed E-state index contributed by atoms with van der Waals surface area (Å²) in [5.74, 6) is -0.746. The van der Waals surface area contributed by atoms with E-state index >= 15 is 0 Å². The summed E-state index contributed by atoms with van der Waals surface area (Å²) >= 11 is 0. The highest BCUT2D eigenvalue weighted by atomic mass is 32.2. The molecule has 0 aromatic heterocycles.